The van der Waals surface area contributed by atoms with Crippen molar-refractivity contribution in [3.8, 4) is 0 Å². The van der Waals surface area contributed by atoms with Crippen LogP contribution in [-0.4, -0.2) is 32.1 Å². The molecule has 1 aliphatic heterocycles. The van der Waals surface area contributed by atoms with E-state index in [0.29, 0.717) is 12.1 Å². The molecule has 6 heteroatoms. The highest BCUT2D eigenvalue weighted by atomic mass is 16.4. The lowest BCUT2D eigenvalue weighted by Gasteiger charge is -2.28. The third-order valence-electron chi connectivity index (χ3n) is 4.97. The van der Waals surface area contributed by atoms with Crippen LogP contribution in [0, 0.1) is 0 Å². The summed E-state index contributed by atoms with van der Waals surface area (Å²) in [6.45, 7) is 0. The molecule has 3 N–H and O–H groups in total. The summed E-state index contributed by atoms with van der Waals surface area (Å²) in [7, 11) is 0. The SMILES string of the molecule is O=C(O)C1Cc2c([nH]c3ccccc23)C(c2cnc3ccccc3n2)N1. The van der Waals surface area contributed by atoms with E-state index in [1.807, 2.05) is 48.5 Å². The Balaban J connectivity index is 1.71. The Bertz CT molecular complexity index is 1150. The van der Waals surface area contributed by atoms with Gasteiger partial charge in [-0.05, 0) is 23.8 Å². The second kappa shape index (κ2) is 5.64. The summed E-state index contributed by atoms with van der Waals surface area (Å²) in [6, 6.07) is 14.6. The van der Waals surface area contributed by atoms with Gasteiger partial charge in [0.15, 0.2) is 0 Å². The fourth-order valence-electron chi connectivity index (χ4n) is 3.74. The molecule has 0 saturated heterocycles. The zero-order valence-electron chi connectivity index (χ0n) is 13.8. The molecule has 2 aromatic carbocycles. The van der Waals surface area contributed by atoms with E-state index >= 15 is 0 Å². The summed E-state index contributed by atoms with van der Waals surface area (Å²) in [5.41, 5.74) is 5.33. The van der Waals surface area contributed by atoms with Gasteiger partial charge in [0, 0.05) is 23.0 Å². The van der Waals surface area contributed by atoms with Gasteiger partial charge in [-0.2, -0.15) is 0 Å². The van der Waals surface area contributed by atoms with Crippen molar-refractivity contribution in [1.82, 2.24) is 20.3 Å². The van der Waals surface area contributed by atoms with E-state index in [2.05, 4.69) is 15.3 Å². The molecule has 0 amide bonds. The summed E-state index contributed by atoms with van der Waals surface area (Å²) in [5.74, 6) is -0.861. The molecular weight excluding hydrogens is 328 g/mol. The zero-order chi connectivity index (χ0) is 17.7. The van der Waals surface area contributed by atoms with Gasteiger partial charge < -0.3 is 10.1 Å². The van der Waals surface area contributed by atoms with Gasteiger partial charge >= 0.3 is 5.97 Å². The monoisotopic (exact) mass is 344 g/mol. The predicted molar refractivity (Wildman–Crippen MR) is 97.9 cm³/mol. The number of nitrogens with zero attached hydrogens (tertiary/aromatic N) is 2. The number of hydrogen-bond acceptors (Lipinski definition) is 4. The number of fused-ring (bicyclic) bond motifs is 4. The average molecular weight is 344 g/mol. The number of carboxylic acid groups (broad SMARTS) is 1. The van der Waals surface area contributed by atoms with Gasteiger partial charge in [0.1, 0.15) is 6.04 Å². The number of carbonyl (C=O) groups is 1. The third-order valence-corrected chi connectivity index (χ3v) is 4.97. The first-order chi connectivity index (χ1) is 12.7. The second-order valence-corrected chi connectivity index (χ2v) is 6.54. The Kier molecular flexibility index (Phi) is 3.26. The summed E-state index contributed by atoms with van der Waals surface area (Å²) >= 11 is 0. The fraction of sp³-hybridized carbons (Fsp3) is 0.150. The lowest BCUT2D eigenvalue weighted by atomic mass is 9.92. The molecule has 6 nitrogen and oxygen atoms in total. The van der Waals surface area contributed by atoms with Crippen LogP contribution in [0.25, 0.3) is 21.9 Å². The first kappa shape index (κ1) is 15.0. The number of nitrogens with one attached hydrogen (secondary N) is 2. The maximum absolute atomic E-state index is 11.7. The molecule has 128 valence electrons. The Labute approximate surface area is 148 Å². The topological polar surface area (TPSA) is 90.9 Å². The Hall–Kier alpha value is -3.25. The molecule has 5 rings (SSSR count). The Morgan fingerprint density at radius 1 is 1.08 bits per heavy atom. The summed E-state index contributed by atoms with van der Waals surface area (Å²) in [6.07, 6.45) is 2.16. The molecule has 0 fully saturated rings. The highest BCUT2D eigenvalue weighted by Crippen LogP contribution is 2.34. The molecule has 3 heterocycles. The van der Waals surface area contributed by atoms with E-state index < -0.39 is 12.0 Å². The van der Waals surface area contributed by atoms with E-state index in [0.717, 1.165) is 33.2 Å². The Morgan fingerprint density at radius 3 is 2.69 bits per heavy atom. The highest BCUT2D eigenvalue weighted by molar-refractivity contribution is 5.87. The van der Waals surface area contributed by atoms with Gasteiger partial charge in [0.2, 0.25) is 0 Å². The molecule has 0 spiro atoms. The van der Waals surface area contributed by atoms with Crippen LogP contribution in [0.4, 0.5) is 0 Å². The number of H-pyrrole nitrogens is 1. The molecule has 2 aromatic heterocycles. The van der Waals surface area contributed by atoms with Crippen LogP contribution in [0.15, 0.2) is 54.7 Å². The smallest absolute Gasteiger partial charge is 0.321 e. The molecule has 2 atom stereocenters. The normalized spacial score (nSPS) is 19.5. The molecular formula is C20H16N4O2. The van der Waals surface area contributed by atoms with Gasteiger partial charge in [0.25, 0.3) is 0 Å². The predicted octanol–water partition coefficient (Wildman–Crippen LogP) is 2.80. The van der Waals surface area contributed by atoms with Crippen molar-refractivity contribution in [2.45, 2.75) is 18.5 Å². The van der Waals surface area contributed by atoms with Crippen molar-refractivity contribution in [2.75, 3.05) is 0 Å². The van der Waals surface area contributed by atoms with Crippen molar-refractivity contribution in [1.29, 1.82) is 0 Å². The second-order valence-electron chi connectivity index (χ2n) is 6.54. The van der Waals surface area contributed by atoms with Crippen LogP contribution in [0.3, 0.4) is 0 Å². The molecule has 0 aliphatic carbocycles. The van der Waals surface area contributed by atoms with Crippen LogP contribution in [0.5, 0.6) is 0 Å². The van der Waals surface area contributed by atoms with Crippen LogP contribution < -0.4 is 5.32 Å². The van der Waals surface area contributed by atoms with Crippen molar-refractivity contribution >= 4 is 27.9 Å². The minimum absolute atomic E-state index is 0.343. The van der Waals surface area contributed by atoms with E-state index in [-0.39, 0.29) is 6.04 Å². The molecule has 1 aliphatic rings. The minimum atomic E-state index is -0.861. The van der Waals surface area contributed by atoms with Gasteiger partial charge in [-0.25, -0.2) is 4.98 Å². The van der Waals surface area contributed by atoms with E-state index in [1.165, 1.54) is 0 Å². The highest BCUT2D eigenvalue weighted by Gasteiger charge is 2.34. The van der Waals surface area contributed by atoms with E-state index in [4.69, 9.17) is 4.98 Å². The Morgan fingerprint density at radius 2 is 1.85 bits per heavy atom. The number of rotatable bonds is 2. The third kappa shape index (κ3) is 2.27. The van der Waals surface area contributed by atoms with Gasteiger partial charge in [-0.3, -0.25) is 15.1 Å². The molecule has 0 saturated carbocycles. The lowest BCUT2D eigenvalue weighted by molar-refractivity contribution is -0.139. The van der Waals surface area contributed by atoms with Crippen molar-refractivity contribution < 1.29 is 9.90 Å². The molecule has 26 heavy (non-hydrogen) atoms. The van der Waals surface area contributed by atoms with Gasteiger partial charge in [-0.1, -0.05) is 30.3 Å². The van der Waals surface area contributed by atoms with Gasteiger partial charge in [0.05, 0.1) is 29.0 Å². The van der Waals surface area contributed by atoms with E-state index in [1.54, 1.807) is 6.20 Å². The van der Waals surface area contributed by atoms with Crippen LogP contribution >= 0.6 is 0 Å². The van der Waals surface area contributed by atoms with Gasteiger partial charge in [-0.15, -0.1) is 0 Å². The number of aromatic nitrogens is 3. The minimum Gasteiger partial charge on any atom is -0.480 e. The number of para-hydroxylation sites is 3. The van der Waals surface area contributed by atoms with Crippen molar-refractivity contribution in [3.05, 3.63) is 71.7 Å². The van der Waals surface area contributed by atoms with Crippen LogP contribution in [0.2, 0.25) is 0 Å². The number of aromatic amines is 1. The average Bonchev–Trinajstić information content (AvgIpc) is 3.05. The summed E-state index contributed by atoms with van der Waals surface area (Å²) < 4.78 is 0. The largest absolute Gasteiger partial charge is 0.480 e. The van der Waals surface area contributed by atoms with Crippen LogP contribution in [0.1, 0.15) is 23.0 Å². The van der Waals surface area contributed by atoms with Crippen molar-refractivity contribution in [3.63, 3.8) is 0 Å². The first-order valence-corrected chi connectivity index (χ1v) is 8.51. The number of benzene rings is 2. The van der Waals surface area contributed by atoms with E-state index in [9.17, 15) is 9.90 Å². The first-order valence-electron chi connectivity index (χ1n) is 8.51. The molecule has 4 aromatic rings. The zero-order valence-corrected chi connectivity index (χ0v) is 13.8. The molecule has 0 bridgehead atoms. The van der Waals surface area contributed by atoms with Crippen molar-refractivity contribution in [2.24, 2.45) is 0 Å². The maximum atomic E-state index is 11.7. The molecule has 0 radical (unpaired) electrons. The fourth-order valence-corrected chi connectivity index (χ4v) is 3.74. The quantitative estimate of drug-likeness (QED) is 0.520. The number of aliphatic carboxylic acids is 1. The van der Waals surface area contributed by atoms with Crippen LogP contribution in [-0.2, 0) is 11.2 Å². The standard InChI is InChI=1S/C20H16N4O2/c25-20(26)16-9-12-11-5-1-2-6-13(11)23-18(12)19(24-16)17-10-21-14-7-3-4-8-15(14)22-17/h1-8,10,16,19,23-24H,9H2,(H,25,26). The summed E-state index contributed by atoms with van der Waals surface area (Å²) in [4.78, 5) is 24.4. The maximum Gasteiger partial charge on any atom is 0.321 e. The summed E-state index contributed by atoms with van der Waals surface area (Å²) in [5, 5.41) is 13.9. The lowest BCUT2D eigenvalue weighted by Crippen LogP contribution is -2.45. The molecule has 2 unspecified atom stereocenters. The number of hydrogen-bond donors (Lipinski definition) is 3. The number of carboxylic acids is 1.